The van der Waals surface area contributed by atoms with E-state index >= 15 is 0 Å². The molecule has 26 heavy (non-hydrogen) atoms. The number of nitrogens with zero attached hydrogens (tertiary/aromatic N) is 2. The van der Waals surface area contributed by atoms with Crippen LogP contribution < -0.4 is 15.4 Å². The summed E-state index contributed by atoms with van der Waals surface area (Å²) in [5, 5.41) is 7.51. The van der Waals surface area contributed by atoms with Gasteiger partial charge in [-0.2, -0.15) is 0 Å². The number of guanidine groups is 1. The van der Waals surface area contributed by atoms with E-state index in [1.807, 2.05) is 24.3 Å². The number of likely N-dealkylation sites (tertiary alicyclic amines) is 1. The van der Waals surface area contributed by atoms with Crippen molar-refractivity contribution in [3.05, 3.63) is 29.3 Å². The van der Waals surface area contributed by atoms with Gasteiger partial charge in [0.25, 0.3) is 0 Å². The van der Waals surface area contributed by atoms with Crippen LogP contribution in [0.15, 0.2) is 29.3 Å². The normalized spacial score (nSPS) is 16.3. The van der Waals surface area contributed by atoms with Crippen LogP contribution in [0.4, 0.5) is 0 Å². The van der Waals surface area contributed by atoms with E-state index in [1.165, 1.54) is 0 Å². The van der Waals surface area contributed by atoms with Crippen molar-refractivity contribution in [2.75, 3.05) is 32.8 Å². The minimum atomic E-state index is 0. The number of aliphatic imine (C=N–C) groups is 1. The Morgan fingerprint density at radius 1 is 1.31 bits per heavy atom. The van der Waals surface area contributed by atoms with Crippen LogP contribution in [0.1, 0.15) is 33.6 Å². The number of halogens is 2. The number of para-hydroxylation sites is 1. The average molecular weight is 495 g/mol. The van der Waals surface area contributed by atoms with Crippen molar-refractivity contribution in [3.8, 4) is 5.75 Å². The van der Waals surface area contributed by atoms with Gasteiger partial charge in [-0.1, -0.05) is 23.7 Å². The molecule has 148 valence electrons. The van der Waals surface area contributed by atoms with E-state index in [1.54, 1.807) is 0 Å². The molecule has 0 unspecified atom stereocenters. The van der Waals surface area contributed by atoms with E-state index in [0.717, 1.165) is 38.4 Å². The van der Waals surface area contributed by atoms with E-state index in [0.29, 0.717) is 36.0 Å². The quantitative estimate of drug-likeness (QED) is 0.262. The lowest BCUT2D eigenvalue weighted by molar-refractivity contribution is 0.167. The smallest absolute Gasteiger partial charge is 0.191 e. The molecule has 0 saturated carbocycles. The van der Waals surface area contributed by atoms with Crippen molar-refractivity contribution in [3.63, 3.8) is 0 Å². The third-order valence-electron chi connectivity index (χ3n) is 4.40. The maximum Gasteiger partial charge on any atom is 0.191 e. The van der Waals surface area contributed by atoms with Crippen molar-refractivity contribution >= 4 is 41.5 Å². The molecule has 5 nitrogen and oxygen atoms in total. The van der Waals surface area contributed by atoms with Crippen LogP contribution in [0.3, 0.4) is 0 Å². The minimum Gasteiger partial charge on any atom is -0.490 e. The molecule has 1 fully saturated rings. The third-order valence-corrected chi connectivity index (χ3v) is 4.71. The van der Waals surface area contributed by atoms with E-state index < -0.39 is 0 Å². The zero-order valence-electron chi connectivity index (χ0n) is 16.0. The largest absolute Gasteiger partial charge is 0.490 e. The average Bonchev–Trinajstić information content (AvgIpc) is 2.60. The molecule has 1 heterocycles. The first kappa shape index (κ1) is 23.3. The van der Waals surface area contributed by atoms with Gasteiger partial charge >= 0.3 is 0 Å². The Kier molecular flexibility index (Phi) is 11.3. The van der Waals surface area contributed by atoms with Crippen molar-refractivity contribution < 1.29 is 4.74 Å². The molecule has 0 aromatic heterocycles. The highest BCUT2D eigenvalue weighted by atomic mass is 127. The number of ether oxygens (including phenoxy) is 1. The van der Waals surface area contributed by atoms with Crippen molar-refractivity contribution in [2.45, 2.75) is 45.7 Å². The Labute approximate surface area is 179 Å². The molecule has 1 aromatic carbocycles. The van der Waals surface area contributed by atoms with Gasteiger partial charge in [0.2, 0.25) is 0 Å². The molecule has 7 heteroatoms. The Hall–Kier alpha value is -0.730. The highest BCUT2D eigenvalue weighted by molar-refractivity contribution is 14.0. The maximum atomic E-state index is 6.09. The summed E-state index contributed by atoms with van der Waals surface area (Å²) < 4.78 is 5.69. The van der Waals surface area contributed by atoms with Crippen molar-refractivity contribution in [1.82, 2.24) is 15.5 Å². The first-order valence-corrected chi connectivity index (χ1v) is 9.64. The topological polar surface area (TPSA) is 48.9 Å². The first-order valence-electron chi connectivity index (χ1n) is 9.26. The highest BCUT2D eigenvalue weighted by Crippen LogP contribution is 2.22. The lowest BCUT2D eigenvalue weighted by Gasteiger charge is -2.35. The lowest BCUT2D eigenvalue weighted by atomic mass is 10.0. The Balaban J connectivity index is 0.00000338. The molecule has 2 rings (SSSR count). The van der Waals surface area contributed by atoms with Crippen LogP contribution >= 0.6 is 35.6 Å². The first-order chi connectivity index (χ1) is 12.1. The summed E-state index contributed by atoms with van der Waals surface area (Å²) in [6.07, 6.45) is 2.30. The third kappa shape index (κ3) is 7.88. The monoisotopic (exact) mass is 494 g/mol. The second kappa shape index (κ2) is 12.6. The Morgan fingerprint density at radius 3 is 2.62 bits per heavy atom. The predicted molar refractivity (Wildman–Crippen MR) is 121 cm³/mol. The van der Waals surface area contributed by atoms with Crippen LogP contribution in [-0.4, -0.2) is 55.7 Å². The SMILES string of the molecule is CCNC(=NCCOc1ccccc1Cl)NC1CCN(C(C)C)CC1.I. The van der Waals surface area contributed by atoms with Gasteiger partial charge in [-0.05, 0) is 45.7 Å². The van der Waals surface area contributed by atoms with Crippen LogP contribution in [0, 0.1) is 0 Å². The number of rotatable bonds is 7. The molecule has 1 aromatic rings. The van der Waals surface area contributed by atoms with Crippen LogP contribution in [-0.2, 0) is 0 Å². The molecular formula is C19H32ClIN4O. The molecule has 0 spiro atoms. The zero-order valence-corrected chi connectivity index (χ0v) is 19.1. The molecule has 0 bridgehead atoms. The number of piperidine rings is 1. The second-order valence-corrected chi connectivity index (χ2v) is 7.00. The number of nitrogens with one attached hydrogen (secondary N) is 2. The summed E-state index contributed by atoms with van der Waals surface area (Å²) in [5.74, 6) is 1.58. The van der Waals surface area contributed by atoms with E-state index in [2.05, 4.69) is 41.3 Å². The second-order valence-electron chi connectivity index (χ2n) is 6.59. The Bertz CT molecular complexity index is 548. The summed E-state index contributed by atoms with van der Waals surface area (Å²) in [5.41, 5.74) is 0. The standard InChI is InChI=1S/C19H31ClN4O.HI/c1-4-21-19(23-16-9-12-24(13-10-16)15(2)3)22-11-14-25-18-8-6-5-7-17(18)20;/h5-8,15-16H,4,9-14H2,1-3H3,(H2,21,22,23);1H. The summed E-state index contributed by atoms with van der Waals surface area (Å²) in [6.45, 7) is 10.8. The molecule has 1 aliphatic heterocycles. The van der Waals surface area contributed by atoms with Crippen molar-refractivity contribution in [1.29, 1.82) is 0 Å². The molecule has 1 saturated heterocycles. The van der Waals surface area contributed by atoms with Crippen LogP contribution in [0.5, 0.6) is 5.75 Å². The van der Waals surface area contributed by atoms with Crippen LogP contribution in [0.25, 0.3) is 0 Å². The van der Waals surface area contributed by atoms with Gasteiger partial charge in [-0.3, -0.25) is 0 Å². The molecule has 2 N–H and O–H groups in total. The molecule has 0 aliphatic carbocycles. The van der Waals surface area contributed by atoms with Gasteiger partial charge in [0.1, 0.15) is 12.4 Å². The van der Waals surface area contributed by atoms with Gasteiger partial charge in [-0.25, -0.2) is 4.99 Å². The van der Waals surface area contributed by atoms with Crippen LogP contribution in [0.2, 0.25) is 5.02 Å². The summed E-state index contributed by atoms with van der Waals surface area (Å²) in [4.78, 5) is 7.15. The molecular weight excluding hydrogens is 463 g/mol. The summed E-state index contributed by atoms with van der Waals surface area (Å²) >= 11 is 6.09. The predicted octanol–water partition coefficient (Wildman–Crippen LogP) is 3.76. The highest BCUT2D eigenvalue weighted by Gasteiger charge is 2.21. The van der Waals surface area contributed by atoms with Gasteiger partial charge in [0, 0.05) is 31.7 Å². The van der Waals surface area contributed by atoms with Gasteiger partial charge < -0.3 is 20.3 Å². The van der Waals surface area contributed by atoms with E-state index in [4.69, 9.17) is 16.3 Å². The lowest BCUT2D eigenvalue weighted by Crippen LogP contribution is -2.50. The molecule has 0 amide bonds. The molecule has 0 atom stereocenters. The number of hydrogen-bond donors (Lipinski definition) is 2. The maximum absolute atomic E-state index is 6.09. The molecule has 0 radical (unpaired) electrons. The van der Waals surface area contributed by atoms with Gasteiger partial charge in [0.15, 0.2) is 5.96 Å². The van der Waals surface area contributed by atoms with E-state index in [9.17, 15) is 0 Å². The fraction of sp³-hybridized carbons (Fsp3) is 0.632. The van der Waals surface area contributed by atoms with Gasteiger partial charge in [-0.15, -0.1) is 24.0 Å². The Morgan fingerprint density at radius 2 is 2.00 bits per heavy atom. The number of hydrogen-bond acceptors (Lipinski definition) is 3. The summed E-state index contributed by atoms with van der Waals surface area (Å²) in [6, 6.07) is 8.63. The molecule has 1 aliphatic rings. The van der Waals surface area contributed by atoms with Gasteiger partial charge in [0.05, 0.1) is 11.6 Å². The minimum absolute atomic E-state index is 0. The fourth-order valence-corrected chi connectivity index (χ4v) is 3.14. The van der Waals surface area contributed by atoms with Crippen molar-refractivity contribution in [2.24, 2.45) is 4.99 Å². The van der Waals surface area contributed by atoms with E-state index in [-0.39, 0.29) is 24.0 Å². The number of benzene rings is 1. The fourth-order valence-electron chi connectivity index (χ4n) is 2.95. The summed E-state index contributed by atoms with van der Waals surface area (Å²) in [7, 11) is 0. The zero-order chi connectivity index (χ0) is 18.1.